The SMILES string of the molecule is Cc1cc2nc(SCC(=O)NCc3ccc(C)c(C)c3)n(Cc3ccco3)c(=O)c2[nH]1. The largest absolute Gasteiger partial charge is 0.467 e. The Morgan fingerprint density at radius 1 is 1.19 bits per heavy atom. The van der Waals surface area contributed by atoms with Gasteiger partial charge in [0, 0.05) is 12.2 Å². The second-order valence-electron chi connectivity index (χ2n) is 7.56. The molecule has 7 nitrogen and oxygen atoms in total. The second-order valence-corrected chi connectivity index (χ2v) is 8.50. The van der Waals surface area contributed by atoms with Crippen molar-refractivity contribution < 1.29 is 9.21 Å². The molecule has 1 amide bonds. The molecule has 0 bridgehead atoms. The van der Waals surface area contributed by atoms with Crippen LogP contribution in [0.5, 0.6) is 0 Å². The van der Waals surface area contributed by atoms with E-state index in [9.17, 15) is 9.59 Å². The lowest BCUT2D eigenvalue weighted by atomic mass is 10.1. The van der Waals surface area contributed by atoms with Gasteiger partial charge in [-0.1, -0.05) is 30.0 Å². The summed E-state index contributed by atoms with van der Waals surface area (Å²) in [5.74, 6) is 0.685. The maximum absolute atomic E-state index is 13.0. The molecule has 160 valence electrons. The number of aromatic amines is 1. The summed E-state index contributed by atoms with van der Waals surface area (Å²) in [4.78, 5) is 33.2. The van der Waals surface area contributed by atoms with Crippen molar-refractivity contribution in [3.05, 3.63) is 81.2 Å². The van der Waals surface area contributed by atoms with Crippen LogP contribution >= 0.6 is 11.8 Å². The first kappa shape index (κ1) is 21.0. The van der Waals surface area contributed by atoms with Crippen molar-refractivity contribution in [2.75, 3.05) is 5.75 Å². The number of carbonyl (C=O) groups excluding carboxylic acids is 1. The van der Waals surface area contributed by atoms with Crippen LogP contribution in [0.15, 0.2) is 57.0 Å². The van der Waals surface area contributed by atoms with Gasteiger partial charge in [-0.2, -0.15) is 0 Å². The smallest absolute Gasteiger partial charge is 0.278 e. The summed E-state index contributed by atoms with van der Waals surface area (Å²) < 4.78 is 6.95. The molecular weight excluding hydrogens is 412 g/mol. The molecule has 0 atom stereocenters. The fourth-order valence-electron chi connectivity index (χ4n) is 3.31. The molecule has 2 N–H and O–H groups in total. The summed E-state index contributed by atoms with van der Waals surface area (Å²) in [6, 6.07) is 11.6. The molecule has 0 saturated heterocycles. The number of nitrogens with one attached hydrogen (secondary N) is 2. The van der Waals surface area contributed by atoms with E-state index in [2.05, 4.69) is 41.3 Å². The minimum atomic E-state index is -0.187. The minimum absolute atomic E-state index is 0.118. The van der Waals surface area contributed by atoms with E-state index in [0.717, 1.165) is 11.3 Å². The highest BCUT2D eigenvalue weighted by Gasteiger charge is 2.16. The van der Waals surface area contributed by atoms with E-state index in [1.54, 1.807) is 23.0 Å². The van der Waals surface area contributed by atoms with E-state index >= 15 is 0 Å². The molecule has 0 aliphatic carbocycles. The summed E-state index contributed by atoms with van der Waals surface area (Å²) in [7, 11) is 0. The van der Waals surface area contributed by atoms with Crippen LogP contribution in [0.2, 0.25) is 0 Å². The Bertz CT molecular complexity index is 1290. The van der Waals surface area contributed by atoms with Crippen molar-refractivity contribution in [2.45, 2.75) is 39.0 Å². The number of benzene rings is 1. The molecular formula is C23H24N4O3S. The highest BCUT2D eigenvalue weighted by atomic mass is 32.2. The molecule has 3 heterocycles. The summed E-state index contributed by atoms with van der Waals surface area (Å²) in [5.41, 5.74) is 5.19. The molecule has 3 aromatic heterocycles. The Labute approximate surface area is 183 Å². The van der Waals surface area contributed by atoms with Crippen LogP contribution < -0.4 is 10.9 Å². The average molecular weight is 437 g/mol. The van der Waals surface area contributed by atoms with Crippen LogP contribution in [0.3, 0.4) is 0 Å². The summed E-state index contributed by atoms with van der Waals surface area (Å²) in [5, 5.41) is 3.42. The number of hydrogen-bond acceptors (Lipinski definition) is 5. The maximum atomic E-state index is 13.0. The zero-order valence-electron chi connectivity index (χ0n) is 17.7. The first-order valence-corrected chi connectivity index (χ1v) is 11.0. The quantitative estimate of drug-likeness (QED) is 0.340. The van der Waals surface area contributed by atoms with Crippen molar-refractivity contribution >= 4 is 28.7 Å². The van der Waals surface area contributed by atoms with E-state index in [-0.39, 0.29) is 23.8 Å². The van der Waals surface area contributed by atoms with Crippen LogP contribution in [-0.4, -0.2) is 26.2 Å². The fourth-order valence-corrected chi connectivity index (χ4v) is 4.14. The van der Waals surface area contributed by atoms with Gasteiger partial charge in [-0.25, -0.2) is 4.98 Å². The van der Waals surface area contributed by atoms with Gasteiger partial charge in [-0.15, -0.1) is 0 Å². The van der Waals surface area contributed by atoms with Gasteiger partial charge in [0.15, 0.2) is 5.16 Å². The number of carbonyl (C=O) groups is 1. The fraction of sp³-hybridized carbons (Fsp3) is 0.261. The second kappa shape index (κ2) is 8.85. The number of aromatic nitrogens is 3. The topological polar surface area (TPSA) is 92.9 Å². The number of nitrogens with zero attached hydrogens (tertiary/aromatic N) is 2. The molecule has 0 aliphatic rings. The lowest BCUT2D eigenvalue weighted by molar-refractivity contribution is -0.118. The first-order chi connectivity index (χ1) is 14.9. The Morgan fingerprint density at radius 3 is 2.77 bits per heavy atom. The van der Waals surface area contributed by atoms with Crippen molar-refractivity contribution in [3.8, 4) is 0 Å². The number of fused-ring (bicyclic) bond motifs is 1. The number of hydrogen-bond donors (Lipinski definition) is 2. The Morgan fingerprint density at radius 2 is 2.03 bits per heavy atom. The van der Waals surface area contributed by atoms with E-state index in [0.29, 0.717) is 28.5 Å². The Kier molecular flexibility index (Phi) is 5.99. The Hall–Kier alpha value is -3.26. The third-order valence-corrected chi connectivity index (χ3v) is 6.10. The van der Waals surface area contributed by atoms with E-state index in [4.69, 9.17) is 4.42 Å². The van der Waals surface area contributed by atoms with E-state index < -0.39 is 0 Å². The lowest BCUT2D eigenvalue weighted by Crippen LogP contribution is -2.27. The number of H-pyrrole nitrogens is 1. The Balaban J connectivity index is 1.50. The molecule has 0 radical (unpaired) electrons. The molecule has 1 aromatic carbocycles. The van der Waals surface area contributed by atoms with Crippen molar-refractivity contribution in [1.29, 1.82) is 0 Å². The number of aryl methyl sites for hydroxylation is 3. The van der Waals surface area contributed by atoms with E-state index in [1.807, 2.05) is 19.1 Å². The summed E-state index contributed by atoms with van der Waals surface area (Å²) in [6.45, 7) is 6.71. The van der Waals surface area contributed by atoms with Gasteiger partial charge in [0.25, 0.3) is 5.56 Å². The highest BCUT2D eigenvalue weighted by Crippen LogP contribution is 2.19. The molecule has 8 heteroatoms. The van der Waals surface area contributed by atoms with Gasteiger partial charge < -0.3 is 14.7 Å². The van der Waals surface area contributed by atoms with Crippen LogP contribution in [0.25, 0.3) is 11.0 Å². The number of amides is 1. The van der Waals surface area contributed by atoms with Crippen molar-refractivity contribution in [3.63, 3.8) is 0 Å². The predicted molar refractivity (Wildman–Crippen MR) is 121 cm³/mol. The normalized spacial score (nSPS) is 11.2. The summed E-state index contributed by atoms with van der Waals surface area (Å²) >= 11 is 1.24. The molecule has 0 spiro atoms. The highest BCUT2D eigenvalue weighted by molar-refractivity contribution is 7.99. The molecule has 4 aromatic rings. The zero-order valence-corrected chi connectivity index (χ0v) is 18.5. The van der Waals surface area contributed by atoms with Gasteiger partial charge in [0.2, 0.25) is 5.91 Å². The maximum Gasteiger partial charge on any atom is 0.278 e. The number of rotatable bonds is 7. The van der Waals surface area contributed by atoms with Crippen LogP contribution in [-0.2, 0) is 17.9 Å². The van der Waals surface area contributed by atoms with Crippen molar-refractivity contribution in [2.24, 2.45) is 0 Å². The monoisotopic (exact) mass is 436 g/mol. The van der Waals surface area contributed by atoms with Crippen LogP contribution in [0.1, 0.15) is 28.1 Å². The molecule has 0 unspecified atom stereocenters. The molecule has 0 saturated carbocycles. The third-order valence-electron chi connectivity index (χ3n) is 5.12. The van der Waals surface area contributed by atoms with Gasteiger partial charge in [-0.05, 0) is 55.7 Å². The molecule has 0 fully saturated rings. The van der Waals surface area contributed by atoms with E-state index in [1.165, 1.54) is 22.9 Å². The first-order valence-electron chi connectivity index (χ1n) is 9.99. The molecule has 31 heavy (non-hydrogen) atoms. The van der Waals surface area contributed by atoms with Gasteiger partial charge >= 0.3 is 0 Å². The summed E-state index contributed by atoms with van der Waals surface area (Å²) in [6.07, 6.45) is 1.57. The number of furan rings is 1. The average Bonchev–Trinajstić information content (AvgIpc) is 3.39. The lowest BCUT2D eigenvalue weighted by Gasteiger charge is -2.11. The predicted octanol–water partition coefficient (Wildman–Crippen LogP) is 3.70. The molecule has 4 rings (SSSR count). The van der Waals surface area contributed by atoms with Crippen LogP contribution in [0, 0.1) is 20.8 Å². The molecule has 0 aliphatic heterocycles. The van der Waals surface area contributed by atoms with Gasteiger partial charge in [-0.3, -0.25) is 14.2 Å². The van der Waals surface area contributed by atoms with Gasteiger partial charge in [0.05, 0.1) is 24.1 Å². The third kappa shape index (κ3) is 4.74. The standard InChI is InChI=1S/C23H24N4O3S/c1-14-6-7-17(9-15(14)2)11-24-20(28)13-31-23-26-19-10-16(3)25-21(19)22(29)27(23)12-18-5-4-8-30-18/h4-10,25H,11-13H2,1-3H3,(H,24,28). The number of thioether (sulfide) groups is 1. The minimum Gasteiger partial charge on any atom is -0.467 e. The van der Waals surface area contributed by atoms with Gasteiger partial charge in [0.1, 0.15) is 11.3 Å². The van der Waals surface area contributed by atoms with Crippen molar-refractivity contribution in [1.82, 2.24) is 19.9 Å². The van der Waals surface area contributed by atoms with Crippen LogP contribution in [0.4, 0.5) is 0 Å². The zero-order chi connectivity index (χ0) is 22.0.